The summed E-state index contributed by atoms with van der Waals surface area (Å²) in [5.74, 6) is 0.573. The molecule has 1 aliphatic heterocycles. The number of amides is 1. The van der Waals surface area contributed by atoms with Crippen molar-refractivity contribution in [1.29, 1.82) is 0 Å². The van der Waals surface area contributed by atoms with Crippen molar-refractivity contribution in [3.8, 4) is 5.75 Å². The monoisotopic (exact) mass is 251 g/mol. The lowest BCUT2D eigenvalue weighted by Crippen LogP contribution is -2.28. The number of aliphatic hydroxyl groups is 1. The Hall–Kier alpha value is -1.75. The van der Waals surface area contributed by atoms with Crippen LogP contribution in [0, 0.1) is 0 Å². The Labute approximate surface area is 106 Å². The number of anilines is 1. The van der Waals surface area contributed by atoms with E-state index in [1.54, 1.807) is 26.0 Å². The molecule has 0 fully saturated rings. The Kier molecular flexibility index (Phi) is 3.17. The second-order valence-corrected chi connectivity index (χ2v) is 5.08. The zero-order chi connectivity index (χ0) is 13.3. The Morgan fingerprint density at radius 1 is 1.50 bits per heavy atom. The van der Waals surface area contributed by atoms with E-state index in [0.717, 1.165) is 12.0 Å². The van der Waals surface area contributed by atoms with Crippen LogP contribution in [-0.2, 0) is 6.42 Å². The molecule has 18 heavy (non-hydrogen) atoms. The first-order valence-electron chi connectivity index (χ1n) is 5.85. The van der Waals surface area contributed by atoms with Crippen molar-refractivity contribution in [3.05, 3.63) is 23.8 Å². The van der Waals surface area contributed by atoms with Crippen LogP contribution < -0.4 is 9.64 Å². The third-order valence-electron chi connectivity index (χ3n) is 2.78. The topological polar surface area (TPSA) is 70.0 Å². The molecule has 0 bridgehead atoms. The van der Waals surface area contributed by atoms with Crippen molar-refractivity contribution in [2.24, 2.45) is 0 Å². The maximum absolute atomic E-state index is 11.0. The van der Waals surface area contributed by atoms with Gasteiger partial charge in [0.1, 0.15) is 12.4 Å². The SMILES string of the molecule is CC(C)(O)COc1ccc2c(c1)N(C(=O)O)CC2. The highest BCUT2D eigenvalue weighted by Gasteiger charge is 2.24. The molecule has 1 aliphatic rings. The predicted molar refractivity (Wildman–Crippen MR) is 67.3 cm³/mol. The summed E-state index contributed by atoms with van der Waals surface area (Å²) in [5, 5.41) is 18.6. The fourth-order valence-electron chi connectivity index (χ4n) is 1.91. The summed E-state index contributed by atoms with van der Waals surface area (Å²) in [7, 11) is 0. The van der Waals surface area contributed by atoms with E-state index in [4.69, 9.17) is 9.84 Å². The van der Waals surface area contributed by atoms with Gasteiger partial charge in [0.15, 0.2) is 0 Å². The van der Waals surface area contributed by atoms with Gasteiger partial charge in [-0.05, 0) is 31.9 Å². The molecule has 98 valence electrons. The third-order valence-corrected chi connectivity index (χ3v) is 2.78. The van der Waals surface area contributed by atoms with Crippen LogP contribution in [0.2, 0.25) is 0 Å². The first-order chi connectivity index (χ1) is 8.37. The molecule has 0 aliphatic carbocycles. The zero-order valence-electron chi connectivity index (χ0n) is 10.5. The van der Waals surface area contributed by atoms with Crippen LogP contribution >= 0.6 is 0 Å². The molecule has 2 rings (SSSR count). The zero-order valence-corrected chi connectivity index (χ0v) is 10.5. The standard InChI is InChI=1S/C13H17NO4/c1-13(2,17)8-18-10-4-3-9-5-6-14(12(15)16)11(9)7-10/h3-4,7,17H,5-6,8H2,1-2H3,(H,15,16). The van der Waals surface area contributed by atoms with E-state index in [-0.39, 0.29) is 6.61 Å². The number of fused-ring (bicyclic) bond motifs is 1. The number of benzene rings is 1. The summed E-state index contributed by atoms with van der Waals surface area (Å²) in [6, 6.07) is 5.39. The summed E-state index contributed by atoms with van der Waals surface area (Å²) in [5.41, 5.74) is 0.773. The second kappa shape index (κ2) is 4.49. The van der Waals surface area contributed by atoms with Gasteiger partial charge in [-0.15, -0.1) is 0 Å². The molecule has 1 amide bonds. The Balaban J connectivity index is 2.16. The predicted octanol–water partition coefficient (Wildman–Crippen LogP) is 1.88. The van der Waals surface area contributed by atoms with Gasteiger partial charge in [-0.3, -0.25) is 4.90 Å². The molecule has 1 aromatic rings. The Morgan fingerprint density at radius 2 is 2.22 bits per heavy atom. The molecule has 5 heteroatoms. The van der Waals surface area contributed by atoms with E-state index >= 15 is 0 Å². The summed E-state index contributed by atoms with van der Waals surface area (Å²) in [6.45, 7) is 3.96. The number of carbonyl (C=O) groups is 1. The first-order valence-corrected chi connectivity index (χ1v) is 5.85. The molecular formula is C13H17NO4. The van der Waals surface area contributed by atoms with Gasteiger partial charge in [0.2, 0.25) is 0 Å². The molecule has 1 aromatic carbocycles. The Bertz CT molecular complexity index is 465. The van der Waals surface area contributed by atoms with Crippen molar-refractivity contribution in [1.82, 2.24) is 0 Å². The van der Waals surface area contributed by atoms with E-state index in [1.807, 2.05) is 6.07 Å². The summed E-state index contributed by atoms with van der Waals surface area (Å²) in [6.07, 6.45) is -0.221. The molecule has 0 atom stereocenters. The van der Waals surface area contributed by atoms with Crippen molar-refractivity contribution in [3.63, 3.8) is 0 Å². The fraction of sp³-hybridized carbons (Fsp3) is 0.462. The highest BCUT2D eigenvalue weighted by atomic mass is 16.5. The minimum atomic E-state index is -0.951. The lowest BCUT2D eigenvalue weighted by Gasteiger charge is -2.19. The molecule has 0 unspecified atom stereocenters. The summed E-state index contributed by atoms with van der Waals surface area (Å²) < 4.78 is 5.45. The smallest absolute Gasteiger partial charge is 0.411 e. The molecule has 2 N–H and O–H groups in total. The highest BCUT2D eigenvalue weighted by molar-refractivity contribution is 5.89. The van der Waals surface area contributed by atoms with Gasteiger partial charge in [-0.1, -0.05) is 6.07 Å². The van der Waals surface area contributed by atoms with Gasteiger partial charge in [0.05, 0.1) is 11.3 Å². The van der Waals surface area contributed by atoms with Crippen LogP contribution in [0.4, 0.5) is 10.5 Å². The molecule has 1 heterocycles. The number of carboxylic acid groups (broad SMARTS) is 1. The molecular weight excluding hydrogens is 234 g/mol. The molecule has 0 saturated heterocycles. The van der Waals surface area contributed by atoms with Crippen molar-refractivity contribution >= 4 is 11.8 Å². The highest BCUT2D eigenvalue weighted by Crippen LogP contribution is 2.31. The van der Waals surface area contributed by atoms with Crippen LogP contribution in [0.5, 0.6) is 5.75 Å². The van der Waals surface area contributed by atoms with Crippen molar-refractivity contribution < 1.29 is 19.7 Å². The second-order valence-electron chi connectivity index (χ2n) is 5.08. The normalized spacial score (nSPS) is 14.5. The van der Waals surface area contributed by atoms with Gasteiger partial charge in [-0.2, -0.15) is 0 Å². The molecule has 0 radical (unpaired) electrons. The van der Waals surface area contributed by atoms with Gasteiger partial charge < -0.3 is 14.9 Å². The lowest BCUT2D eigenvalue weighted by molar-refractivity contribution is 0.0285. The largest absolute Gasteiger partial charge is 0.491 e. The van der Waals surface area contributed by atoms with Gasteiger partial charge >= 0.3 is 6.09 Å². The minimum absolute atomic E-state index is 0.166. The van der Waals surface area contributed by atoms with E-state index in [1.165, 1.54) is 4.90 Å². The van der Waals surface area contributed by atoms with Gasteiger partial charge in [0, 0.05) is 12.6 Å². The quantitative estimate of drug-likeness (QED) is 0.860. The van der Waals surface area contributed by atoms with E-state index < -0.39 is 11.7 Å². The van der Waals surface area contributed by atoms with Crippen molar-refractivity contribution in [2.75, 3.05) is 18.1 Å². The van der Waals surface area contributed by atoms with Crippen LogP contribution in [0.15, 0.2) is 18.2 Å². The number of nitrogens with zero attached hydrogens (tertiary/aromatic N) is 1. The fourth-order valence-corrected chi connectivity index (χ4v) is 1.91. The van der Waals surface area contributed by atoms with Gasteiger partial charge in [0.25, 0.3) is 0 Å². The number of hydrogen-bond donors (Lipinski definition) is 2. The molecule has 0 saturated carbocycles. The molecule has 0 spiro atoms. The van der Waals surface area contributed by atoms with Crippen LogP contribution in [0.3, 0.4) is 0 Å². The summed E-state index contributed by atoms with van der Waals surface area (Å²) in [4.78, 5) is 12.3. The third kappa shape index (κ3) is 2.73. The van der Waals surface area contributed by atoms with E-state index in [2.05, 4.69) is 0 Å². The number of ether oxygens (including phenoxy) is 1. The number of rotatable bonds is 3. The minimum Gasteiger partial charge on any atom is -0.491 e. The average Bonchev–Trinajstić information content (AvgIpc) is 2.68. The van der Waals surface area contributed by atoms with E-state index in [0.29, 0.717) is 18.0 Å². The van der Waals surface area contributed by atoms with Crippen LogP contribution in [0.1, 0.15) is 19.4 Å². The van der Waals surface area contributed by atoms with Gasteiger partial charge in [-0.25, -0.2) is 4.79 Å². The maximum atomic E-state index is 11.0. The first kappa shape index (κ1) is 12.7. The molecule has 0 aromatic heterocycles. The van der Waals surface area contributed by atoms with Crippen LogP contribution in [0.25, 0.3) is 0 Å². The maximum Gasteiger partial charge on any atom is 0.411 e. The summed E-state index contributed by atoms with van der Waals surface area (Å²) >= 11 is 0. The van der Waals surface area contributed by atoms with Crippen LogP contribution in [-0.4, -0.2) is 35.1 Å². The Morgan fingerprint density at radius 3 is 2.83 bits per heavy atom. The average molecular weight is 251 g/mol. The van der Waals surface area contributed by atoms with Crippen molar-refractivity contribution in [2.45, 2.75) is 25.9 Å². The lowest BCUT2D eigenvalue weighted by atomic mass is 10.1. The van der Waals surface area contributed by atoms with E-state index in [9.17, 15) is 9.90 Å². The number of hydrogen-bond acceptors (Lipinski definition) is 3. The molecule has 5 nitrogen and oxygen atoms in total.